The summed E-state index contributed by atoms with van der Waals surface area (Å²) in [5, 5.41) is 18.7. The molecule has 0 aromatic heterocycles. The molecule has 196 valence electrons. The van der Waals surface area contributed by atoms with E-state index in [0.717, 1.165) is 6.42 Å². The van der Waals surface area contributed by atoms with Gasteiger partial charge in [-0.05, 0) is 57.1 Å². The van der Waals surface area contributed by atoms with E-state index in [4.69, 9.17) is 0 Å². The number of carboxylic acid groups (broad SMARTS) is 1. The molecular formula is C26H38O7S2. The molecular weight excluding hydrogens is 488 g/mol. The molecule has 0 saturated heterocycles. The van der Waals surface area contributed by atoms with Crippen molar-refractivity contribution >= 4 is 48.8 Å². The van der Waals surface area contributed by atoms with E-state index in [1.807, 2.05) is 13.8 Å². The van der Waals surface area contributed by atoms with Gasteiger partial charge in [0.1, 0.15) is 4.91 Å². The number of aliphatic hydroxyl groups excluding tert-OH is 1. The number of thiol groups is 2. The van der Waals surface area contributed by atoms with Gasteiger partial charge < -0.3 is 19.3 Å². The number of ketones is 2. The summed E-state index contributed by atoms with van der Waals surface area (Å²) in [6, 6.07) is 0. The van der Waals surface area contributed by atoms with Gasteiger partial charge in [-0.3, -0.25) is 14.4 Å². The SMILES string of the molecule is CC(C)(CO)CCCC1=CC(=O)CC(/C=C/C2=CC(=O)CC(CCCC(C)(C)C(=O)O)=[SH+]2[O-])=[SH+]1[O-]. The Morgan fingerprint density at radius 3 is 2.23 bits per heavy atom. The maximum atomic E-state index is 13.0. The van der Waals surface area contributed by atoms with Gasteiger partial charge in [0.25, 0.3) is 0 Å². The molecule has 2 rings (SSSR count). The molecule has 0 amide bonds. The Hall–Kier alpha value is -1.65. The monoisotopic (exact) mass is 526 g/mol. The van der Waals surface area contributed by atoms with Crippen LogP contribution in [0, 0.1) is 10.8 Å². The maximum Gasteiger partial charge on any atom is 0.309 e. The van der Waals surface area contributed by atoms with Crippen LogP contribution in [0.1, 0.15) is 79.1 Å². The van der Waals surface area contributed by atoms with E-state index >= 15 is 0 Å². The van der Waals surface area contributed by atoms with Crippen molar-refractivity contribution in [3.63, 3.8) is 0 Å². The third-order valence-electron chi connectivity index (χ3n) is 6.42. The number of carbonyl (C=O) groups is 3. The maximum absolute atomic E-state index is 13.0. The van der Waals surface area contributed by atoms with E-state index in [9.17, 15) is 33.7 Å². The molecule has 0 saturated carbocycles. The van der Waals surface area contributed by atoms with Gasteiger partial charge in [-0.1, -0.05) is 13.8 Å². The summed E-state index contributed by atoms with van der Waals surface area (Å²) in [4.78, 5) is 37.7. The average Bonchev–Trinajstić information content (AvgIpc) is 2.77. The van der Waals surface area contributed by atoms with Crippen LogP contribution < -0.4 is 0 Å². The predicted octanol–water partition coefficient (Wildman–Crippen LogP) is 3.03. The molecule has 0 bridgehead atoms. The van der Waals surface area contributed by atoms with Gasteiger partial charge in [0.05, 0.1) is 32.9 Å². The average molecular weight is 527 g/mol. The van der Waals surface area contributed by atoms with E-state index in [2.05, 4.69) is 0 Å². The number of hydrogen-bond acceptors (Lipinski definition) is 6. The molecule has 2 atom stereocenters. The van der Waals surface area contributed by atoms with E-state index in [0.29, 0.717) is 51.6 Å². The largest absolute Gasteiger partial charge is 0.646 e. The minimum Gasteiger partial charge on any atom is -0.646 e. The van der Waals surface area contributed by atoms with Gasteiger partial charge in [-0.15, -0.1) is 0 Å². The lowest BCUT2D eigenvalue weighted by Crippen LogP contribution is -2.24. The summed E-state index contributed by atoms with van der Waals surface area (Å²) in [5.41, 5.74) is -1.13. The van der Waals surface area contributed by atoms with E-state index in [1.165, 1.54) is 18.2 Å². The highest BCUT2D eigenvalue weighted by atomic mass is 32.2. The second kappa shape index (κ2) is 12.5. The van der Waals surface area contributed by atoms with Gasteiger partial charge in [0.15, 0.2) is 11.6 Å². The van der Waals surface area contributed by atoms with Crippen molar-refractivity contribution in [1.82, 2.24) is 0 Å². The molecule has 0 aromatic carbocycles. The number of carboxylic acids is 1. The second-order valence-corrected chi connectivity index (χ2v) is 14.2. The summed E-state index contributed by atoms with van der Waals surface area (Å²) in [6.07, 6.45) is 9.26. The number of hydrogen-bond donors (Lipinski definition) is 2. The fourth-order valence-electron chi connectivity index (χ4n) is 3.92. The molecule has 9 heteroatoms. The smallest absolute Gasteiger partial charge is 0.309 e. The molecule has 2 unspecified atom stereocenters. The van der Waals surface area contributed by atoms with Crippen LogP contribution in [0.5, 0.6) is 0 Å². The molecule has 0 aromatic rings. The van der Waals surface area contributed by atoms with Gasteiger partial charge in [-0.2, -0.15) is 21.5 Å². The minimum absolute atomic E-state index is 0.0240. The first-order chi connectivity index (χ1) is 16.3. The highest BCUT2D eigenvalue weighted by molar-refractivity contribution is 7.95. The van der Waals surface area contributed by atoms with Crippen LogP contribution in [0.3, 0.4) is 0 Å². The van der Waals surface area contributed by atoms with Crippen molar-refractivity contribution in [3.8, 4) is 0 Å². The van der Waals surface area contributed by atoms with Crippen LogP contribution in [0.4, 0.5) is 0 Å². The van der Waals surface area contributed by atoms with Crippen LogP contribution in [-0.2, 0) is 35.9 Å². The summed E-state index contributed by atoms with van der Waals surface area (Å²) >= 11 is 0. The van der Waals surface area contributed by atoms with Crippen LogP contribution in [0.2, 0.25) is 0 Å². The molecule has 2 N–H and O–H groups in total. The van der Waals surface area contributed by atoms with E-state index < -0.39 is 32.9 Å². The Bertz CT molecular complexity index is 1030. The topological polar surface area (TPSA) is 138 Å². The molecule has 0 aliphatic carbocycles. The summed E-state index contributed by atoms with van der Waals surface area (Å²) in [7, 11) is -3.86. The zero-order valence-electron chi connectivity index (χ0n) is 21.0. The third-order valence-corrected chi connectivity index (χ3v) is 9.83. The Balaban J connectivity index is 2.13. The van der Waals surface area contributed by atoms with Gasteiger partial charge in [0.2, 0.25) is 0 Å². The fourth-order valence-corrected chi connectivity index (χ4v) is 6.91. The first kappa shape index (κ1) is 29.6. The first-order valence-electron chi connectivity index (χ1n) is 11.9. The van der Waals surface area contributed by atoms with Crippen molar-refractivity contribution in [3.05, 3.63) is 34.1 Å². The Labute approximate surface area is 212 Å². The lowest BCUT2D eigenvalue weighted by Gasteiger charge is -2.23. The van der Waals surface area contributed by atoms with Crippen molar-refractivity contribution in [1.29, 1.82) is 0 Å². The standard InChI is InChI=1S/C26H38O7S2/c1-25(2,17-27)11-5-7-20-13-18(28)15-22(34(20)32)9-10-23-16-19(29)14-21(35(23)33)8-6-12-26(3,4)24(30)31/h9-10,13,16,27,34-35H,5-8,11-12,14-15,17H2,1-4H3,(H-2,29,30,31,32,33). The Kier molecular flexibility index (Phi) is 10.6. The van der Waals surface area contributed by atoms with Crippen molar-refractivity contribution in [2.24, 2.45) is 10.8 Å². The quantitative estimate of drug-likeness (QED) is 0.172. The highest BCUT2D eigenvalue weighted by Crippen LogP contribution is 2.27. The van der Waals surface area contributed by atoms with Crippen molar-refractivity contribution in [2.45, 2.75) is 79.1 Å². The molecule has 2 heterocycles. The lowest BCUT2D eigenvalue weighted by atomic mass is 9.87. The van der Waals surface area contributed by atoms with Crippen molar-refractivity contribution in [2.75, 3.05) is 6.61 Å². The Morgan fingerprint density at radius 2 is 1.60 bits per heavy atom. The molecule has 35 heavy (non-hydrogen) atoms. The molecule has 0 fully saturated rings. The normalized spacial score (nSPS) is 22.0. The number of aliphatic carboxylic acids is 1. The van der Waals surface area contributed by atoms with Crippen LogP contribution in [0.15, 0.2) is 34.1 Å². The number of aliphatic hydroxyl groups is 1. The Morgan fingerprint density at radius 1 is 0.971 bits per heavy atom. The van der Waals surface area contributed by atoms with Gasteiger partial charge in [0, 0.05) is 31.6 Å². The van der Waals surface area contributed by atoms with Crippen LogP contribution in [-0.4, -0.2) is 53.2 Å². The third kappa shape index (κ3) is 8.75. The summed E-state index contributed by atoms with van der Waals surface area (Å²) < 4.78 is 26.1. The lowest BCUT2D eigenvalue weighted by molar-refractivity contribution is -0.147. The van der Waals surface area contributed by atoms with Crippen molar-refractivity contribution < 1.29 is 33.7 Å². The molecule has 2 aliphatic rings. The molecule has 2 aliphatic heterocycles. The minimum atomic E-state index is -1.95. The first-order valence-corrected chi connectivity index (χ1v) is 14.4. The zero-order chi connectivity index (χ0) is 26.4. The van der Waals surface area contributed by atoms with E-state index in [1.54, 1.807) is 19.9 Å². The summed E-state index contributed by atoms with van der Waals surface area (Å²) in [5.74, 6) is -1.20. The fraction of sp³-hybridized carbons (Fsp3) is 0.577. The molecule has 7 nitrogen and oxygen atoms in total. The van der Waals surface area contributed by atoms with Gasteiger partial charge in [-0.25, -0.2) is 0 Å². The summed E-state index contributed by atoms with van der Waals surface area (Å²) in [6.45, 7) is 7.23. The molecule has 0 spiro atoms. The number of rotatable bonds is 12. The second-order valence-electron chi connectivity index (χ2n) is 10.7. The number of carbonyl (C=O) groups excluding carboxylic acids is 2. The highest BCUT2D eigenvalue weighted by Gasteiger charge is 2.28. The molecule has 0 radical (unpaired) electrons. The van der Waals surface area contributed by atoms with Crippen LogP contribution >= 0.6 is 0 Å². The van der Waals surface area contributed by atoms with Gasteiger partial charge >= 0.3 is 5.97 Å². The number of allylic oxidation sites excluding steroid dienone is 5. The predicted molar refractivity (Wildman–Crippen MR) is 144 cm³/mol. The van der Waals surface area contributed by atoms with Crippen LogP contribution in [0.25, 0.3) is 0 Å². The van der Waals surface area contributed by atoms with E-state index in [-0.39, 0.29) is 36.4 Å². The zero-order valence-corrected chi connectivity index (χ0v) is 22.8.